The van der Waals surface area contributed by atoms with Crippen molar-refractivity contribution >= 4 is 12.1 Å². The van der Waals surface area contributed by atoms with E-state index in [1.54, 1.807) is 0 Å². The SMILES string of the molecule is CO[C@@H]1[C@@H](O)[C@H](OCCCCCNC(=O)OCc2ccccc2)O[C@@H]2CO[C@](C)(C(=O)O)O[C@@H]12. The van der Waals surface area contributed by atoms with Crippen LogP contribution in [0, 0.1) is 0 Å². The summed E-state index contributed by atoms with van der Waals surface area (Å²) in [7, 11) is 1.40. The number of benzene rings is 1. The van der Waals surface area contributed by atoms with Gasteiger partial charge >= 0.3 is 12.1 Å². The van der Waals surface area contributed by atoms with Gasteiger partial charge in [0.25, 0.3) is 5.79 Å². The first-order valence-corrected chi connectivity index (χ1v) is 11.3. The van der Waals surface area contributed by atoms with E-state index in [2.05, 4.69) is 5.32 Å². The highest BCUT2D eigenvalue weighted by atomic mass is 16.8. The number of rotatable bonds is 11. The van der Waals surface area contributed by atoms with E-state index in [0.717, 1.165) is 18.4 Å². The second-order valence-electron chi connectivity index (χ2n) is 8.30. The predicted molar refractivity (Wildman–Crippen MR) is 117 cm³/mol. The van der Waals surface area contributed by atoms with Crippen molar-refractivity contribution in [3.05, 3.63) is 35.9 Å². The van der Waals surface area contributed by atoms with E-state index in [4.69, 9.17) is 28.4 Å². The first-order valence-electron chi connectivity index (χ1n) is 11.3. The molecule has 2 saturated heterocycles. The average molecular weight is 484 g/mol. The van der Waals surface area contributed by atoms with E-state index in [-0.39, 0.29) is 13.2 Å². The Balaban J connectivity index is 1.31. The zero-order valence-electron chi connectivity index (χ0n) is 19.4. The van der Waals surface area contributed by atoms with E-state index in [1.165, 1.54) is 14.0 Å². The molecule has 2 heterocycles. The number of carboxylic acids is 1. The van der Waals surface area contributed by atoms with Crippen LogP contribution in [0.3, 0.4) is 0 Å². The largest absolute Gasteiger partial charge is 0.477 e. The first kappa shape index (κ1) is 26.3. The molecule has 3 N–H and O–H groups in total. The van der Waals surface area contributed by atoms with Crippen LogP contribution in [-0.4, -0.2) is 85.6 Å². The Labute approximate surface area is 198 Å². The van der Waals surface area contributed by atoms with Gasteiger partial charge in [-0.15, -0.1) is 0 Å². The maximum absolute atomic E-state index is 11.7. The van der Waals surface area contributed by atoms with E-state index in [1.807, 2.05) is 30.3 Å². The van der Waals surface area contributed by atoms with E-state index in [0.29, 0.717) is 19.6 Å². The third kappa shape index (κ3) is 6.87. The highest BCUT2D eigenvalue weighted by molar-refractivity contribution is 5.75. The molecule has 1 aromatic carbocycles. The molecular weight excluding hydrogens is 450 g/mol. The molecule has 34 heavy (non-hydrogen) atoms. The zero-order chi connectivity index (χ0) is 24.6. The summed E-state index contributed by atoms with van der Waals surface area (Å²) >= 11 is 0. The number of aliphatic carboxylic acids is 1. The maximum atomic E-state index is 11.7. The number of fused-ring (bicyclic) bond motifs is 1. The summed E-state index contributed by atoms with van der Waals surface area (Å²) in [5.41, 5.74) is 0.922. The molecule has 1 aromatic rings. The van der Waals surface area contributed by atoms with Crippen molar-refractivity contribution in [2.75, 3.05) is 26.9 Å². The minimum absolute atomic E-state index is 0.0358. The van der Waals surface area contributed by atoms with Crippen molar-refractivity contribution in [3.8, 4) is 0 Å². The van der Waals surface area contributed by atoms with Crippen LogP contribution < -0.4 is 5.32 Å². The van der Waals surface area contributed by atoms with Gasteiger partial charge in [0.05, 0.1) is 6.61 Å². The standard InChI is InChI=1S/C23H33NO10/c1-23(21(26)27)32-14-16-18(34-23)19(29-2)17(25)20(33-16)30-12-8-4-7-11-24-22(28)31-13-15-9-5-3-6-10-15/h3,5-6,9-10,16-20,25H,4,7-8,11-14H2,1-2H3,(H,24,28)(H,26,27)/t16-,17-,18-,19-,20-,23+/m1/s1. The lowest BCUT2D eigenvalue weighted by molar-refractivity contribution is -0.380. The molecule has 0 aliphatic carbocycles. The fraction of sp³-hybridized carbons (Fsp3) is 0.652. The molecule has 1 amide bonds. The van der Waals surface area contributed by atoms with Gasteiger partial charge < -0.3 is 44.0 Å². The molecule has 190 valence electrons. The molecule has 11 heteroatoms. The highest BCUT2D eigenvalue weighted by Crippen LogP contribution is 2.34. The minimum Gasteiger partial charge on any atom is -0.477 e. The third-order valence-corrected chi connectivity index (χ3v) is 5.74. The van der Waals surface area contributed by atoms with Gasteiger partial charge in [-0.3, -0.25) is 0 Å². The van der Waals surface area contributed by atoms with Gasteiger partial charge in [0.15, 0.2) is 6.29 Å². The van der Waals surface area contributed by atoms with Crippen LogP contribution in [0.15, 0.2) is 30.3 Å². The number of ether oxygens (including phenoxy) is 6. The molecule has 3 rings (SSSR count). The second kappa shape index (κ2) is 12.4. The number of alkyl carbamates (subject to hydrolysis) is 1. The van der Waals surface area contributed by atoms with Crippen molar-refractivity contribution in [2.24, 2.45) is 0 Å². The van der Waals surface area contributed by atoms with Gasteiger partial charge in [-0.1, -0.05) is 30.3 Å². The molecule has 2 aliphatic heterocycles. The monoisotopic (exact) mass is 483 g/mol. The molecule has 2 aliphatic rings. The smallest absolute Gasteiger partial charge is 0.407 e. The molecule has 0 unspecified atom stereocenters. The Hall–Kier alpha value is -2.28. The highest BCUT2D eigenvalue weighted by Gasteiger charge is 2.55. The van der Waals surface area contributed by atoms with Crippen LogP contribution in [0.1, 0.15) is 31.7 Å². The lowest BCUT2D eigenvalue weighted by Crippen LogP contribution is -2.66. The Morgan fingerprint density at radius 2 is 1.97 bits per heavy atom. The van der Waals surface area contributed by atoms with Crippen molar-refractivity contribution in [2.45, 2.75) is 69.3 Å². The van der Waals surface area contributed by atoms with Crippen LogP contribution in [0.2, 0.25) is 0 Å². The number of hydrogen-bond donors (Lipinski definition) is 3. The number of methoxy groups -OCH3 is 1. The van der Waals surface area contributed by atoms with Crippen molar-refractivity contribution in [1.82, 2.24) is 5.32 Å². The Kier molecular flexibility index (Phi) is 9.63. The molecule has 0 radical (unpaired) electrons. The van der Waals surface area contributed by atoms with Crippen LogP contribution in [0.5, 0.6) is 0 Å². The summed E-state index contributed by atoms with van der Waals surface area (Å²) < 4.78 is 32.9. The quantitative estimate of drug-likeness (QED) is 0.396. The first-order chi connectivity index (χ1) is 16.3. The van der Waals surface area contributed by atoms with Gasteiger partial charge in [0, 0.05) is 27.2 Å². The van der Waals surface area contributed by atoms with Crippen molar-refractivity contribution in [3.63, 3.8) is 0 Å². The van der Waals surface area contributed by atoms with Crippen LogP contribution in [-0.2, 0) is 39.8 Å². The predicted octanol–water partition coefficient (Wildman–Crippen LogP) is 1.42. The summed E-state index contributed by atoms with van der Waals surface area (Å²) in [5, 5.41) is 22.6. The molecule has 0 saturated carbocycles. The minimum atomic E-state index is -1.84. The van der Waals surface area contributed by atoms with Gasteiger partial charge in [0.2, 0.25) is 0 Å². The molecule has 0 aromatic heterocycles. The number of unbranched alkanes of at least 4 members (excludes halogenated alkanes) is 2. The molecule has 11 nitrogen and oxygen atoms in total. The number of hydrogen-bond acceptors (Lipinski definition) is 9. The Morgan fingerprint density at radius 3 is 2.68 bits per heavy atom. The molecule has 6 atom stereocenters. The van der Waals surface area contributed by atoms with Gasteiger partial charge in [-0.2, -0.15) is 0 Å². The number of amides is 1. The van der Waals surface area contributed by atoms with E-state index in [9.17, 15) is 19.8 Å². The Bertz CT molecular complexity index is 793. The summed E-state index contributed by atoms with van der Waals surface area (Å²) in [4.78, 5) is 23.2. The van der Waals surface area contributed by atoms with Crippen molar-refractivity contribution < 1.29 is 48.2 Å². The summed E-state index contributed by atoms with van der Waals surface area (Å²) in [6, 6.07) is 9.44. The second-order valence-corrected chi connectivity index (χ2v) is 8.30. The number of aliphatic hydroxyl groups excluding tert-OH is 1. The summed E-state index contributed by atoms with van der Waals surface area (Å²) in [6.07, 6.45) is -2.68. The number of nitrogens with one attached hydrogen (secondary N) is 1. The lowest BCUT2D eigenvalue weighted by Gasteiger charge is -2.49. The molecule has 2 fully saturated rings. The zero-order valence-corrected chi connectivity index (χ0v) is 19.4. The van der Waals surface area contributed by atoms with Gasteiger partial charge in [-0.05, 0) is 24.8 Å². The fourth-order valence-electron chi connectivity index (χ4n) is 3.79. The average Bonchev–Trinajstić information content (AvgIpc) is 2.83. The van der Waals surface area contributed by atoms with Gasteiger partial charge in [0.1, 0.15) is 31.0 Å². The molecule has 0 bridgehead atoms. The van der Waals surface area contributed by atoms with Crippen molar-refractivity contribution in [1.29, 1.82) is 0 Å². The number of carbonyl (C=O) groups is 2. The lowest BCUT2D eigenvalue weighted by atomic mass is 9.97. The Morgan fingerprint density at radius 1 is 1.21 bits per heavy atom. The fourth-order valence-corrected chi connectivity index (χ4v) is 3.79. The normalized spacial score (nSPS) is 30.9. The topological polar surface area (TPSA) is 142 Å². The third-order valence-electron chi connectivity index (χ3n) is 5.74. The maximum Gasteiger partial charge on any atom is 0.407 e. The number of carbonyl (C=O) groups excluding carboxylic acids is 1. The summed E-state index contributed by atoms with van der Waals surface area (Å²) in [5.74, 6) is -3.11. The van der Waals surface area contributed by atoms with Crippen LogP contribution in [0.25, 0.3) is 0 Å². The van der Waals surface area contributed by atoms with Gasteiger partial charge in [-0.25, -0.2) is 9.59 Å². The summed E-state index contributed by atoms with van der Waals surface area (Å²) in [6.45, 7) is 2.28. The molecular formula is C23H33NO10. The van der Waals surface area contributed by atoms with Crippen LogP contribution >= 0.6 is 0 Å². The van der Waals surface area contributed by atoms with Crippen LogP contribution in [0.4, 0.5) is 4.79 Å². The van der Waals surface area contributed by atoms with E-state index >= 15 is 0 Å². The van der Waals surface area contributed by atoms with E-state index < -0.39 is 48.6 Å². The molecule has 0 spiro atoms. The number of carboxylic acid groups (broad SMARTS) is 1. The number of aliphatic hydroxyl groups is 1.